The van der Waals surface area contributed by atoms with Crippen LogP contribution < -0.4 is 14.3 Å². The molecule has 10 heteroatoms. The van der Waals surface area contributed by atoms with Gasteiger partial charge in [-0.3, -0.25) is 13.8 Å². The maximum atomic E-state index is 12.6. The van der Waals surface area contributed by atoms with Gasteiger partial charge in [-0.2, -0.15) is 0 Å². The Morgan fingerprint density at radius 2 is 1.63 bits per heavy atom. The fraction of sp³-hybridized carbons (Fsp3) is 0.235. The van der Waals surface area contributed by atoms with Crippen molar-refractivity contribution in [2.75, 3.05) is 33.9 Å². The van der Waals surface area contributed by atoms with Crippen molar-refractivity contribution in [1.29, 1.82) is 0 Å². The number of hydrogen-bond acceptors (Lipinski definition) is 5. The lowest BCUT2D eigenvalue weighted by Crippen LogP contribution is -2.25. The summed E-state index contributed by atoms with van der Waals surface area (Å²) in [6.45, 7) is 1.64. The van der Waals surface area contributed by atoms with Crippen molar-refractivity contribution in [2.45, 2.75) is 6.92 Å². The molecule has 0 aliphatic rings. The van der Waals surface area contributed by atoms with Crippen LogP contribution in [-0.4, -0.2) is 42.3 Å². The molecule has 2 rings (SSSR count). The third kappa shape index (κ3) is 5.44. The van der Waals surface area contributed by atoms with Crippen LogP contribution in [0.3, 0.4) is 0 Å². The van der Waals surface area contributed by atoms with Crippen LogP contribution in [0, 0.1) is 6.92 Å². The predicted octanol–water partition coefficient (Wildman–Crippen LogP) is 2.01. The Morgan fingerprint density at radius 3 is 2.22 bits per heavy atom. The zero-order valence-electron chi connectivity index (χ0n) is 15.3. The smallest absolute Gasteiger partial charge is 0.256 e. The molecule has 0 saturated heterocycles. The summed E-state index contributed by atoms with van der Waals surface area (Å²) in [5, 5.41) is 2.70. The average Bonchev–Trinajstić information content (AvgIpc) is 2.54. The summed E-state index contributed by atoms with van der Waals surface area (Å²) < 4.78 is 49.7. The molecular weight excluding hydrogens is 390 g/mol. The summed E-state index contributed by atoms with van der Waals surface area (Å²) >= 11 is 0. The number of carbonyl (C=O) groups is 1. The largest absolute Gasteiger partial charge is 0.322 e. The first-order valence-electron chi connectivity index (χ1n) is 7.81. The molecule has 0 aliphatic carbocycles. The van der Waals surface area contributed by atoms with Gasteiger partial charge in [0.1, 0.15) is 0 Å². The summed E-state index contributed by atoms with van der Waals surface area (Å²) in [6.07, 6.45) is 2.12. The van der Waals surface area contributed by atoms with E-state index in [1.54, 1.807) is 43.3 Å². The van der Waals surface area contributed by atoms with Crippen LogP contribution in [-0.2, 0) is 20.0 Å². The van der Waals surface area contributed by atoms with Crippen LogP contribution >= 0.6 is 0 Å². The molecular formula is C17H21N3O5S2. The molecule has 27 heavy (non-hydrogen) atoms. The standard InChI is InChI=1S/C17H21N3O5S2/c1-12-15(9-6-10-16(12)19-26(3,22)23)17(21)18-13-7-5-8-14(11-13)20(2)27(4,24)25/h5-11,19H,1-4H3,(H,18,21). The van der Waals surface area contributed by atoms with E-state index in [2.05, 4.69) is 10.0 Å². The average molecular weight is 412 g/mol. The third-order valence-electron chi connectivity index (χ3n) is 3.84. The number of nitrogens with zero attached hydrogens (tertiary/aromatic N) is 1. The summed E-state index contributed by atoms with van der Waals surface area (Å²) in [4.78, 5) is 12.6. The molecule has 0 fully saturated rings. The van der Waals surface area contributed by atoms with Gasteiger partial charge >= 0.3 is 0 Å². The van der Waals surface area contributed by atoms with Gasteiger partial charge in [0.25, 0.3) is 5.91 Å². The van der Waals surface area contributed by atoms with Gasteiger partial charge in [0, 0.05) is 18.3 Å². The Labute approximate surface area is 159 Å². The van der Waals surface area contributed by atoms with Crippen LogP contribution in [0.25, 0.3) is 0 Å². The highest BCUT2D eigenvalue weighted by Gasteiger charge is 2.16. The molecule has 2 aromatic rings. The van der Waals surface area contributed by atoms with E-state index in [0.29, 0.717) is 28.2 Å². The topological polar surface area (TPSA) is 113 Å². The highest BCUT2D eigenvalue weighted by Crippen LogP contribution is 2.23. The highest BCUT2D eigenvalue weighted by atomic mass is 32.2. The number of hydrogen-bond donors (Lipinski definition) is 2. The maximum Gasteiger partial charge on any atom is 0.256 e. The van der Waals surface area contributed by atoms with Gasteiger partial charge < -0.3 is 5.32 Å². The van der Waals surface area contributed by atoms with Gasteiger partial charge in [-0.1, -0.05) is 12.1 Å². The quantitative estimate of drug-likeness (QED) is 0.755. The van der Waals surface area contributed by atoms with E-state index in [9.17, 15) is 21.6 Å². The van der Waals surface area contributed by atoms with E-state index >= 15 is 0 Å². The molecule has 0 atom stereocenters. The number of anilines is 3. The summed E-state index contributed by atoms with van der Waals surface area (Å²) in [6, 6.07) is 11.1. The second-order valence-electron chi connectivity index (χ2n) is 6.09. The molecule has 2 N–H and O–H groups in total. The van der Waals surface area contributed by atoms with Crippen LogP contribution in [0.2, 0.25) is 0 Å². The molecule has 146 valence electrons. The SMILES string of the molecule is Cc1c(NS(C)(=O)=O)cccc1C(=O)Nc1cccc(N(C)S(C)(=O)=O)c1. The van der Waals surface area contributed by atoms with Crippen LogP contribution in [0.15, 0.2) is 42.5 Å². The molecule has 0 bridgehead atoms. The van der Waals surface area contributed by atoms with Crippen LogP contribution in [0.1, 0.15) is 15.9 Å². The molecule has 0 aromatic heterocycles. The molecule has 0 saturated carbocycles. The Morgan fingerprint density at radius 1 is 1.00 bits per heavy atom. The maximum absolute atomic E-state index is 12.6. The fourth-order valence-corrected chi connectivity index (χ4v) is 3.48. The zero-order valence-corrected chi connectivity index (χ0v) is 17.0. The highest BCUT2D eigenvalue weighted by molar-refractivity contribution is 7.92. The van der Waals surface area contributed by atoms with Crippen molar-refractivity contribution in [2.24, 2.45) is 0 Å². The molecule has 0 unspecified atom stereocenters. The molecule has 2 aromatic carbocycles. The van der Waals surface area contributed by atoms with Gasteiger partial charge in [0.15, 0.2) is 0 Å². The summed E-state index contributed by atoms with van der Waals surface area (Å²) in [7, 11) is -5.48. The molecule has 1 amide bonds. The minimum Gasteiger partial charge on any atom is -0.322 e. The Balaban J connectivity index is 2.30. The third-order valence-corrected chi connectivity index (χ3v) is 5.64. The molecule has 0 heterocycles. The number of sulfonamides is 2. The molecule has 0 aliphatic heterocycles. The van der Waals surface area contributed by atoms with Crippen molar-refractivity contribution < 1.29 is 21.6 Å². The van der Waals surface area contributed by atoms with Crippen molar-refractivity contribution in [3.8, 4) is 0 Å². The Bertz CT molecular complexity index is 1080. The second-order valence-corrected chi connectivity index (χ2v) is 9.85. The van der Waals surface area contributed by atoms with E-state index in [4.69, 9.17) is 0 Å². The van der Waals surface area contributed by atoms with Crippen molar-refractivity contribution in [3.05, 3.63) is 53.6 Å². The molecule has 0 radical (unpaired) electrons. The lowest BCUT2D eigenvalue weighted by atomic mass is 10.1. The number of carbonyl (C=O) groups excluding carboxylic acids is 1. The second kappa shape index (κ2) is 7.57. The Kier molecular flexibility index (Phi) is 5.81. The van der Waals surface area contributed by atoms with Crippen molar-refractivity contribution in [3.63, 3.8) is 0 Å². The van der Waals surface area contributed by atoms with Gasteiger partial charge in [-0.25, -0.2) is 16.8 Å². The fourth-order valence-electron chi connectivity index (χ4n) is 2.36. The van der Waals surface area contributed by atoms with Crippen LogP contribution in [0.5, 0.6) is 0 Å². The van der Waals surface area contributed by atoms with E-state index in [1.165, 1.54) is 13.1 Å². The first-order chi connectivity index (χ1) is 12.4. The van der Waals surface area contributed by atoms with Gasteiger partial charge in [-0.05, 0) is 42.8 Å². The minimum absolute atomic E-state index is 0.297. The van der Waals surface area contributed by atoms with Gasteiger partial charge in [0.2, 0.25) is 20.0 Å². The molecule has 8 nitrogen and oxygen atoms in total. The van der Waals surface area contributed by atoms with Crippen molar-refractivity contribution in [1.82, 2.24) is 0 Å². The monoisotopic (exact) mass is 411 g/mol. The number of rotatable bonds is 6. The Hall–Kier alpha value is -2.59. The van der Waals surface area contributed by atoms with E-state index in [0.717, 1.165) is 16.8 Å². The zero-order chi connectivity index (χ0) is 20.4. The van der Waals surface area contributed by atoms with Crippen LogP contribution in [0.4, 0.5) is 17.1 Å². The van der Waals surface area contributed by atoms with E-state index in [1.807, 2.05) is 0 Å². The first-order valence-corrected chi connectivity index (χ1v) is 11.5. The molecule has 0 spiro atoms. The first kappa shape index (κ1) is 20.7. The van der Waals surface area contributed by atoms with Crippen molar-refractivity contribution >= 4 is 43.0 Å². The normalized spacial score (nSPS) is 11.7. The van der Waals surface area contributed by atoms with Gasteiger partial charge in [-0.15, -0.1) is 0 Å². The lowest BCUT2D eigenvalue weighted by molar-refractivity contribution is 0.102. The summed E-state index contributed by atoms with van der Waals surface area (Å²) in [5.74, 6) is -0.441. The minimum atomic E-state index is -3.47. The number of benzene rings is 2. The predicted molar refractivity (Wildman–Crippen MR) is 107 cm³/mol. The van der Waals surface area contributed by atoms with Gasteiger partial charge in [0.05, 0.1) is 23.9 Å². The van der Waals surface area contributed by atoms with E-state index in [-0.39, 0.29) is 0 Å². The number of amides is 1. The lowest BCUT2D eigenvalue weighted by Gasteiger charge is -2.18. The summed E-state index contributed by atoms with van der Waals surface area (Å²) in [5.41, 5.74) is 1.90. The number of nitrogens with one attached hydrogen (secondary N) is 2. The van der Waals surface area contributed by atoms with E-state index < -0.39 is 26.0 Å².